The van der Waals surface area contributed by atoms with Gasteiger partial charge in [-0.1, -0.05) is 71.4 Å². The van der Waals surface area contributed by atoms with Crippen LogP contribution in [0.25, 0.3) is 0 Å². The van der Waals surface area contributed by atoms with Crippen LogP contribution in [-0.4, -0.2) is 66.6 Å². The summed E-state index contributed by atoms with van der Waals surface area (Å²) in [7, 11) is 2.16. The summed E-state index contributed by atoms with van der Waals surface area (Å²) >= 11 is 0. The first kappa shape index (κ1) is 42.7. The van der Waals surface area contributed by atoms with Crippen LogP contribution in [0.2, 0.25) is 0 Å². The van der Waals surface area contributed by atoms with Crippen molar-refractivity contribution in [2.75, 3.05) is 26.7 Å². The largest absolute Gasteiger partial charge is 0.393 e. The molecule has 3 amide bonds. The lowest BCUT2D eigenvalue weighted by atomic mass is 9.32. The Bertz CT molecular complexity index is 1800. The summed E-state index contributed by atoms with van der Waals surface area (Å²) in [6, 6.07) is 8.06. The molecule has 6 fully saturated rings. The molecule has 4 N–H and O–H groups in total. The number of benzene rings is 1. The highest BCUT2D eigenvalue weighted by Crippen LogP contribution is 2.76. The maximum absolute atomic E-state index is 14.4. The number of aliphatic hydroxyl groups excluding tert-OH is 1. The predicted octanol–water partition coefficient (Wildman–Crippen LogP) is 8.74. The smallest absolute Gasteiger partial charge is 0.251 e. The van der Waals surface area contributed by atoms with Gasteiger partial charge in [0.15, 0.2) is 0 Å². The third-order valence-electron chi connectivity index (χ3n) is 19.1. The van der Waals surface area contributed by atoms with E-state index in [9.17, 15) is 19.5 Å². The van der Waals surface area contributed by atoms with Crippen LogP contribution in [0.15, 0.2) is 48.1 Å². The van der Waals surface area contributed by atoms with Crippen LogP contribution in [0.4, 0.5) is 0 Å². The zero-order valence-corrected chi connectivity index (χ0v) is 37.3. The van der Waals surface area contributed by atoms with Gasteiger partial charge in [0, 0.05) is 36.8 Å². The molecule has 1 heterocycles. The van der Waals surface area contributed by atoms with Gasteiger partial charge in [0.25, 0.3) is 11.8 Å². The molecule has 324 valence electrons. The van der Waals surface area contributed by atoms with Crippen molar-refractivity contribution in [2.45, 2.75) is 156 Å². The molecule has 7 aliphatic rings. The number of nitrogens with one attached hydrogen (secondary N) is 3. The second-order valence-corrected chi connectivity index (χ2v) is 22.0. The molecule has 8 heteroatoms. The summed E-state index contributed by atoms with van der Waals surface area (Å²) in [5, 5.41) is 20.7. The van der Waals surface area contributed by atoms with Gasteiger partial charge in [0.2, 0.25) is 5.91 Å². The van der Waals surface area contributed by atoms with Crippen LogP contribution >= 0.6 is 0 Å². The molecule has 5 saturated carbocycles. The molecule has 1 aliphatic heterocycles. The van der Waals surface area contributed by atoms with Crippen molar-refractivity contribution in [3.8, 4) is 0 Å². The summed E-state index contributed by atoms with van der Waals surface area (Å²) in [4.78, 5) is 42.8. The molecule has 0 bridgehead atoms. The summed E-state index contributed by atoms with van der Waals surface area (Å²) in [5.74, 6) is 2.65. The Labute approximate surface area is 355 Å². The molecular formula is C51H76N4O4. The van der Waals surface area contributed by atoms with E-state index in [0.29, 0.717) is 66.4 Å². The number of amides is 3. The van der Waals surface area contributed by atoms with Gasteiger partial charge < -0.3 is 26.0 Å². The maximum Gasteiger partial charge on any atom is 0.251 e. The Hall–Kier alpha value is -2.97. The lowest BCUT2D eigenvalue weighted by Gasteiger charge is -2.72. The monoisotopic (exact) mass is 809 g/mol. The molecule has 10 unspecified atom stereocenters. The fourth-order valence-corrected chi connectivity index (χ4v) is 15.5. The highest BCUT2D eigenvalue weighted by molar-refractivity contribution is 5.96. The van der Waals surface area contributed by atoms with E-state index in [1.807, 2.05) is 30.3 Å². The number of nitrogens with zero attached hydrogens (tertiary/aromatic N) is 1. The zero-order valence-electron chi connectivity index (χ0n) is 37.3. The third-order valence-corrected chi connectivity index (χ3v) is 19.1. The van der Waals surface area contributed by atoms with E-state index in [0.717, 1.165) is 69.9 Å². The average Bonchev–Trinajstić information content (AvgIpc) is 3.85. The van der Waals surface area contributed by atoms with Crippen molar-refractivity contribution < 1.29 is 19.5 Å². The van der Waals surface area contributed by atoms with Crippen LogP contribution in [0.1, 0.15) is 153 Å². The number of hydrogen-bond donors (Lipinski definition) is 4. The average molecular weight is 809 g/mol. The van der Waals surface area contributed by atoms with E-state index in [4.69, 9.17) is 0 Å². The molecule has 11 atom stereocenters. The lowest BCUT2D eigenvalue weighted by Crippen LogP contribution is -2.67. The predicted molar refractivity (Wildman–Crippen MR) is 235 cm³/mol. The highest BCUT2D eigenvalue weighted by atomic mass is 16.3. The molecule has 8 rings (SSSR count). The first-order valence-electron chi connectivity index (χ1n) is 23.8. The first-order valence-corrected chi connectivity index (χ1v) is 23.8. The van der Waals surface area contributed by atoms with Gasteiger partial charge in [-0.3, -0.25) is 14.4 Å². The minimum Gasteiger partial charge on any atom is -0.393 e. The normalized spacial score (nSPS) is 39.8. The molecule has 8 nitrogen and oxygen atoms in total. The van der Waals surface area contributed by atoms with Gasteiger partial charge in [-0.05, 0) is 179 Å². The van der Waals surface area contributed by atoms with Gasteiger partial charge in [-0.15, -0.1) is 0 Å². The Kier molecular flexibility index (Phi) is 11.9. The molecule has 0 radical (unpaired) electrons. The molecule has 1 aromatic rings. The van der Waals surface area contributed by atoms with E-state index in [1.165, 1.54) is 44.9 Å². The number of rotatable bonds is 11. The standard InChI is InChI=1S/C51H76N4O4/c1-47(2)41-20-26-50(5)42(48(41,3)25-21-43(47)56)19-18-39-40-13-8-24-51(40,28-27-49(39,50)4)46(59)53-29-22-34-10-7-11-37(32-34)45(58)54-33-35-14-16-36(17-15-35)44(57)52-30-23-38-12-9-31-55(38)6/h7,11,14-17,32,34,38-43,56H,8-10,12-13,18-31,33H2,1-6H3,(H,52,57)(H,53,59)(H,54,58)/t34?,38?,39?,40?,41?,42?,43?,48?,49-,50?,51?/m1/s1. The van der Waals surface area contributed by atoms with Crippen LogP contribution in [0, 0.1) is 56.7 Å². The zero-order chi connectivity index (χ0) is 41.8. The van der Waals surface area contributed by atoms with Crippen molar-refractivity contribution in [1.82, 2.24) is 20.9 Å². The number of allylic oxidation sites excluding steroid dienone is 2. The highest BCUT2D eigenvalue weighted by Gasteiger charge is 2.70. The quantitative estimate of drug-likeness (QED) is 0.179. The van der Waals surface area contributed by atoms with Gasteiger partial charge >= 0.3 is 0 Å². The number of carbonyl (C=O) groups excluding carboxylic acids is 3. The fraction of sp³-hybridized carbons (Fsp3) is 0.745. The number of hydrogen-bond acceptors (Lipinski definition) is 5. The van der Waals surface area contributed by atoms with E-state index in [2.05, 4.69) is 74.7 Å². The molecule has 1 aromatic carbocycles. The van der Waals surface area contributed by atoms with Crippen LogP contribution < -0.4 is 16.0 Å². The van der Waals surface area contributed by atoms with E-state index in [1.54, 1.807) is 0 Å². The Morgan fingerprint density at radius 1 is 0.746 bits per heavy atom. The van der Waals surface area contributed by atoms with Crippen molar-refractivity contribution in [2.24, 2.45) is 56.7 Å². The minimum absolute atomic E-state index is 0.0312. The fourth-order valence-electron chi connectivity index (χ4n) is 15.5. The number of carbonyl (C=O) groups is 3. The molecule has 59 heavy (non-hydrogen) atoms. The van der Waals surface area contributed by atoms with Gasteiger partial charge in [0.1, 0.15) is 0 Å². The summed E-state index contributed by atoms with van der Waals surface area (Å²) in [6.45, 7) is 15.4. The molecule has 6 aliphatic carbocycles. The van der Waals surface area contributed by atoms with E-state index < -0.39 is 0 Å². The van der Waals surface area contributed by atoms with Crippen molar-refractivity contribution in [3.63, 3.8) is 0 Å². The summed E-state index contributed by atoms with van der Waals surface area (Å²) in [6.07, 6.45) is 23.6. The number of aliphatic hydroxyl groups is 1. The maximum atomic E-state index is 14.4. The third kappa shape index (κ3) is 7.46. The Morgan fingerprint density at radius 3 is 2.29 bits per heavy atom. The van der Waals surface area contributed by atoms with E-state index >= 15 is 0 Å². The van der Waals surface area contributed by atoms with Gasteiger partial charge in [-0.2, -0.15) is 0 Å². The van der Waals surface area contributed by atoms with Crippen LogP contribution in [0.5, 0.6) is 0 Å². The first-order chi connectivity index (χ1) is 28.1. The van der Waals surface area contributed by atoms with Crippen molar-refractivity contribution in [1.29, 1.82) is 0 Å². The summed E-state index contributed by atoms with van der Waals surface area (Å²) < 4.78 is 0. The van der Waals surface area contributed by atoms with Gasteiger partial charge in [-0.25, -0.2) is 0 Å². The number of fused-ring (bicyclic) bond motifs is 7. The van der Waals surface area contributed by atoms with Crippen molar-refractivity contribution in [3.05, 3.63) is 59.2 Å². The van der Waals surface area contributed by atoms with Gasteiger partial charge in [0.05, 0.1) is 11.5 Å². The molecule has 0 spiro atoms. The SMILES string of the molecule is CN1CCCC1CCNC(=O)c1ccc(CNC(=O)C2=CC(CCNC(=O)C34CCCC3C3CCC5C6(C)CCC(O)C(C)(C)C6CCC5(C)[C@]3(C)CC4)CC=C2)cc1. The molecular weight excluding hydrogens is 733 g/mol. The van der Waals surface area contributed by atoms with Crippen LogP contribution in [0.3, 0.4) is 0 Å². The second kappa shape index (κ2) is 16.4. The second-order valence-electron chi connectivity index (χ2n) is 22.0. The lowest BCUT2D eigenvalue weighted by molar-refractivity contribution is -0.244. The Balaban J connectivity index is 0.825. The molecule has 0 aromatic heterocycles. The number of likely N-dealkylation sites (tertiary alicyclic amines) is 1. The van der Waals surface area contributed by atoms with E-state index in [-0.39, 0.29) is 50.9 Å². The topological polar surface area (TPSA) is 111 Å². The summed E-state index contributed by atoms with van der Waals surface area (Å²) in [5.41, 5.74) is 2.77. The molecule has 1 saturated heterocycles. The minimum atomic E-state index is -0.243. The van der Waals surface area contributed by atoms with Crippen molar-refractivity contribution >= 4 is 17.7 Å². The van der Waals surface area contributed by atoms with Crippen LogP contribution in [-0.2, 0) is 16.1 Å². The Morgan fingerprint density at radius 2 is 1.53 bits per heavy atom.